The van der Waals surface area contributed by atoms with Crippen LogP contribution >= 0.6 is 11.3 Å². The number of allylic oxidation sites excluding steroid dienone is 2. The number of hydrogen-bond donors (Lipinski definition) is 1. The molecule has 3 nitrogen and oxygen atoms in total. The van der Waals surface area contributed by atoms with Gasteiger partial charge in [0, 0.05) is 18.4 Å². The van der Waals surface area contributed by atoms with Crippen LogP contribution in [0.15, 0.2) is 36.4 Å². The van der Waals surface area contributed by atoms with Crippen molar-refractivity contribution in [2.45, 2.75) is 32.1 Å². The molecule has 1 amide bonds. The lowest BCUT2D eigenvalue weighted by Gasteiger charge is -2.18. The van der Waals surface area contributed by atoms with Crippen LogP contribution in [0.1, 0.15) is 37.1 Å². The first-order valence-electron chi connectivity index (χ1n) is 7.52. The van der Waals surface area contributed by atoms with Crippen LogP contribution in [0, 0.1) is 5.92 Å². The van der Waals surface area contributed by atoms with Crippen molar-refractivity contribution >= 4 is 27.5 Å². The van der Waals surface area contributed by atoms with Gasteiger partial charge in [-0.25, -0.2) is 4.98 Å². The SMILES string of the molecule is C[C@@H](CNC(=O)[C@@H]1CC=CCC1)c1nc2ccccc2s1. The second-order valence-corrected chi connectivity index (χ2v) is 6.71. The molecular weight excluding hydrogens is 280 g/mol. The predicted octanol–water partition coefficient (Wildman–Crippen LogP) is 3.87. The summed E-state index contributed by atoms with van der Waals surface area (Å²) in [6.07, 6.45) is 7.14. The minimum absolute atomic E-state index is 0.151. The number of thiazole rings is 1. The molecular formula is C17H20N2OS. The molecule has 21 heavy (non-hydrogen) atoms. The van der Waals surface area contributed by atoms with E-state index in [4.69, 9.17) is 0 Å². The number of carbonyl (C=O) groups is 1. The van der Waals surface area contributed by atoms with Crippen LogP contribution in [0.3, 0.4) is 0 Å². The van der Waals surface area contributed by atoms with Crippen molar-refractivity contribution in [2.75, 3.05) is 6.54 Å². The average Bonchev–Trinajstić information content (AvgIpc) is 2.97. The van der Waals surface area contributed by atoms with Gasteiger partial charge in [-0.05, 0) is 31.4 Å². The van der Waals surface area contributed by atoms with E-state index in [-0.39, 0.29) is 17.7 Å². The summed E-state index contributed by atoms with van der Waals surface area (Å²) >= 11 is 1.72. The molecule has 1 heterocycles. The van der Waals surface area contributed by atoms with Gasteiger partial charge in [0.2, 0.25) is 5.91 Å². The molecule has 0 bridgehead atoms. The molecule has 2 atom stereocenters. The maximum absolute atomic E-state index is 12.1. The first-order valence-corrected chi connectivity index (χ1v) is 8.34. The van der Waals surface area contributed by atoms with Gasteiger partial charge in [-0.1, -0.05) is 31.2 Å². The summed E-state index contributed by atoms with van der Waals surface area (Å²) in [4.78, 5) is 16.8. The highest BCUT2D eigenvalue weighted by molar-refractivity contribution is 7.18. The Kier molecular flexibility index (Phi) is 4.34. The molecule has 0 fully saturated rings. The number of para-hydroxylation sites is 1. The third-order valence-electron chi connectivity index (χ3n) is 3.95. The second kappa shape index (κ2) is 6.39. The van der Waals surface area contributed by atoms with E-state index in [0.717, 1.165) is 29.8 Å². The highest BCUT2D eigenvalue weighted by Crippen LogP contribution is 2.27. The first-order chi connectivity index (χ1) is 10.2. The van der Waals surface area contributed by atoms with E-state index >= 15 is 0 Å². The van der Waals surface area contributed by atoms with Crippen LogP contribution in [0.5, 0.6) is 0 Å². The molecule has 0 saturated carbocycles. The lowest BCUT2D eigenvalue weighted by molar-refractivity contribution is -0.125. The number of aromatic nitrogens is 1. The van der Waals surface area contributed by atoms with Crippen LogP contribution in [-0.4, -0.2) is 17.4 Å². The fourth-order valence-corrected chi connectivity index (χ4v) is 3.64. The summed E-state index contributed by atoms with van der Waals surface area (Å²) in [5.41, 5.74) is 1.05. The molecule has 1 aromatic heterocycles. The Hall–Kier alpha value is -1.68. The van der Waals surface area contributed by atoms with Crippen molar-refractivity contribution in [3.63, 3.8) is 0 Å². The molecule has 1 aliphatic carbocycles. The van der Waals surface area contributed by atoms with Crippen LogP contribution in [0.4, 0.5) is 0 Å². The highest BCUT2D eigenvalue weighted by atomic mass is 32.1. The van der Waals surface area contributed by atoms with E-state index in [1.54, 1.807) is 11.3 Å². The third-order valence-corrected chi connectivity index (χ3v) is 5.22. The maximum Gasteiger partial charge on any atom is 0.223 e. The van der Waals surface area contributed by atoms with Crippen molar-refractivity contribution in [2.24, 2.45) is 5.92 Å². The molecule has 1 N–H and O–H groups in total. The van der Waals surface area contributed by atoms with E-state index in [1.165, 1.54) is 4.70 Å². The van der Waals surface area contributed by atoms with Crippen molar-refractivity contribution in [1.82, 2.24) is 10.3 Å². The van der Waals surface area contributed by atoms with Crippen molar-refractivity contribution in [3.05, 3.63) is 41.4 Å². The monoisotopic (exact) mass is 300 g/mol. The fourth-order valence-electron chi connectivity index (χ4n) is 2.62. The van der Waals surface area contributed by atoms with E-state index in [1.807, 2.05) is 18.2 Å². The second-order valence-electron chi connectivity index (χ2n) is 5.65. The zero-order valence-corrected chi connectivity index (χ0v) is 13.0. The van der Waals surface area contributed by atoms with Gasteiger partial charge in [-0.15, -0.1) is 11.3 Å². The van der Waals surface area contributed by atoms with Crippen LogP contribution < -0.4 is 5.32 Å². The van der Waals surface area contributed by atoms with Gasteiger partial charge >= 0.3 is 0 Å². The number of nitrogens with one attached hydrogen (secondary N) is 1. The average molecular weight is 300 g/mol. The number of rotatable bonds is 4. The van der Waals surface area contributed by atoms with Crippen LogP contribution in [0.2, 0.25) is 0 Å². The minimum atomic E-state index is 0.151. The van der Waals surface area contributed by atoms with Crippen molar-refractivity contribution in [3.8, 4) is 0 Å². The summed E-state index contributed by atoms with van der Waals surface area (Å²) in [6, 6.07) is 8.17. The summed E-state index contributed by atoms with van der Waals surface area (Å²) in [5, 5.41) is 4.19. The Bertz CT molecular complexity index is 629. The van der Waals surface area contributed by atoms with Crippen LogP contribution in [0.25, 0.3) is 10.2 Å². The van der Waals surface area contributed by atoms with Gasteiger partial charge in [0.15, 0.2) is 0 Å². The molecule has 0 radical (unpaired) electrons. The Labute approximate surface area is 129 Å². The molecule has 3 rings (SSSR count). The normalized spacial score (nSPS) is 19.6. The van der Waals surface area contributed by atoms with Gasteiger partial charge in [-0.3, -0.25) is 4.79 Å². The molecule has 0 saturated heterocycles. The molecule has 0 unspecified atom stereocenters. The number of benzene rings is 1. The summed E-state index contributed by atoms with van der Waals surface area (Å²) in [7, 11) is 0. The molecule has 110 valence electrons. The summed E-state index contributed by atoms with van der Waals surface area (Å²) in [6.45, 7) is 2.79. The van der Waals surface area contributed by atoms with Crippen LogP contribution in [-0.2, 0) is 4.79 Å². The predicted molar refractivity (Wildman–Crippen MR) is 87.5 cm³/mol. The Balaban J connectivity index is 1.59. The summed E-state index contributed by atoms with van der Waals surface area (Å²) < 4.78 is 1.21. The van der Waals surface area contributed by atoms with Gasteiger partial charge in [0.1, 0.15) is 0 Å². The summed E-state index contributed by atoms with van der Waals surface area (Å²) in [5.74, 6) is 0.593. The standard InChI is InChI=1S/C17H20N2OS/c1-12(11-18-16(20)13-7-3-2-4-8-13)17-19-14-9-5-6-10-15(14)21-17/h2-3,5-6,9-10,12-13H,4,7-8,11H2,1H3,(H,18,20)/t12-,13+/m0/s1. The Morgan fingerprint density at radius 1 is 1.43 bits per heavy atom. The molecule has 0 aliphatic heterocycles. The molecule has 1 aliphatic rings. The molecule has 2 aromatic rings. The van der Waals surface area contributed by atoms with E-state index < -0.39 is 0 Å². The van der Waals surface area contributed by atoms with Gasteiger partial charge in [0.05, 0.1) is 15.2 Å². The zero-order chi connectivity index (χ0) is 14.7. The van der Waals surface area contributed by atoms with Gasteiger partial charge in [-0.2, -0.15) is 0 Å². The van der Waals surface area contributed by atoms with Crippen molar-refractivity contribution < 1.29 is 4.79 Å². The topological polar surface area (TPSA) is 42.0 Å². The Morgan fingerprint density at radius 3 is 3.05 bits per heavy atom. The number of nitrogens with zero attached hydrogens (tertiary/aromatic N) is 1. The first kappa shape index (κ1) is 14.3. The largest absolute Gasteiger partial charge is 0.355 e. The Morgan fingerprint density at radius 2 is 2.29 bits per heavy atom. The zero-order valence-electron chi connectivity index (χ0n) is 12.2. The van der Waals surface area contributed by atoms with E-state index in [2.05, 4.69) is 35.4 Å². The number of carbonyl (C=O) groups excluding carboxylic acids is 1. The number of fused-ring (bicyclic) bond motifs is 1. The fraction of sp³-hybridized carbons (Fsp3) is 0.412. The molecule has 0 spiro atoms. The lowest BCUT2D eigenvalue weighted by atomic mass is 9.93. The quantitative estimate of drug-likeness (QED) is 0.871. The smallest absolute Gasteiger partial charge is 0.223 e. The third kappa shape index (κ3) is 3.32. The highest BCUT2D eigenvalue weighted by Gasteiger charge is 2.19. The van der Waals surface area contributed by atoms with Gasteiger partial charge in [0.25, 0.3) is 0 Å². The molecule has 4 heteroatoms. The number of amides is 1. The van der Waals surface area contributed by atoms with E-state index in [0.29, 0.717) is 6.54 Å². The minimum Gasteiger partial charge on any atom is -0.355 e. The van der Waals surface area contributed by atoms with Gasteiger partial charge < -0.3 is 5.32 Å². The molecule has 1 aromatic carbocycles. The van der Waals surface area contributed by atoms with Crippen molar-refractivity contribution in [1.29, 1.82) is 0 Å². The lowest BCUT2D eigenvalue weighted by Crippen LogP contribution is -2.33. The van der Waals surface area contributed by atoms with E-state index in [9.17, 15) is 4.79 Å². The number of hydrogen-bond acceptors (Lipinski definition) is 3. The maximum atomic E-state index is 12.1.